The Balaban J connectivity index is 2.43. The van der Waals surface area contributed by atoms with Gasteiger partial charge in [0.15, 0.2) is 0 Å². The molecule has 1 aromatic rings. The van der Waals surface area contributed by atoms with E-state index in [0.717, 1.165) is 0 Å². The molecule has 6 heteroatoms. The van der Waals surface area contributed by atoms with Gasteiger partial charge in [-0.05, 0) is 12.1 Å². The first-order valence-corrected chi connectivity index (χ1v) is 3.92. The summed E-state index contributed by atoms with van der Waals surface area (Å²) in [4.78, 5) is 0. The molecule has 1 unspecified atom stereocenters. The van der Waals surface area contributed by atoms with Gasteiger partial charge in [-0.2, -0.15) is 13.2 Å². The summed E-state index contributed by atoms with van der Waals surface area (Å²) in [6.07, 6.45) is -3.23. The number of halogens is 4. The minimum Gasteiger partial charge on any atom is -0.468 e. The quantitative estimate of drug-likeness (QED) is 0.773. The highest BCUT2D eigenvalue weighted by atomic mass is 19.4. The topological polar surface area (TPSA) is 25.2 Å². The van der Waals surface area contributed by atoms with Crippen LogP contribution in [-0.4, -0.2) is 18.9 Å². The van der Waals surface area contributed by atoms with Gasteiger partial charge in [-0.3, -0.25) is 5.32 Å². The zero-order chi connectivity index (χ0) is 10.6. The maximum atomic E-state index is 12.0. The van der Waals surface area contributed by atoms with Crippen molar-refractivity contribution in [1.29, 1.82) is 0 Å². The van der Waals surface area contributed by atoms with Crippen molar-refractivity contribution in [3.05, 3.63) is 24.2 Å². The highest BCUT2D eigenvalue weighted by molar-refractivity contribution is 4.98. The van der Waals surface area contributed by atoms with Crippen LogP contribution >= 0.6 is 0 Å². The Bertz CT molecular complexity index is 257. The molecule has 2 nitrogen and oxygen atoms in total. The number of alkyl halides is 4. The standard InChI is InChI=1S/C8H9F4NO/c9-4-7(8(10,11)12)13-5-6-2-1-3-14-6/h1-3,7,13H,4-5H2. The van der Waals surface area contributed by atoms with Crippen LogP contribution in [0.1, 0.15) is 5.76 Å². The smallest absolute Gasteiger partial charge is 0.406 e. The first-order chi connectivity index (χ1) is 6.54. The summed E-state index contributed by atoms with van der Waals surface area (Å²) < 4.78 is 52.8. The first-order valence-electron chi connectivity index (χ1n) is 3.92. The van der Waals surface area contributed by atoms with Crippen molar-refractivity contribution in [2.75, 3.05) is 6.67 Å². The van der Waals surface area contributed by atoms with E-state index in [4.69, 9.17) is 4.42 Å². The molecule has 0 saturated heterocycles. The van der Waals surface area contributed by atoms with Crippen LogP contribution in [0.25, 0.3) is 0 Å². The SMILES string of the molecule is FCC(NCc1ccco1)C(F)(F)F. The van der Waals surface area contributed by atoms with E-state index in [0.29, 0.717) is 5.76 Å². The second-order valence-corrected chi connectivity index (χ2v) is 2.71. The summed E-state index contributed by atoms with van der Waals surface area (Å²) >= 11 is 0. The Morgan fingerprint density at radius 3 is 2.57 bits per heavy atom. The van der Waals surface area contributed by atoms with Gasteiger partial charge in [0.2, 0.25) is 0 Å². The minimum absolute atomic E-state index is 0.138. The fraction of sp³-hybridized carbons (Fsp3) is 0.500. The number of rotatable bonds is 4. The number of hydrogen-bond acceptors (Lipinski definition) is 2. The molecule has 0 radical (unpaired) electrons. The molecule has 1 atom stereocenters. The largest absolute Gasteiger partial charge is 0.468 e. The normalized spacial score (nSPS) is 14.3. The van der Waals surface area contributed by atoms with E-state index < -0.39 is 18.9 Å². The molecule has 0 bridgehead atoms. The summed E-state index contributed by atoms with van der Waals surface area (Å²) in [6.45, 7) is -1.62. The molecular formula is C8H9F4NO. The summed E-state index contributed by atoms with van der Waals surface area (Å²) in [5, 5.41) is 2.02. The molecule has 1 N–H and O–H groups in total. The molecule has 0 saturated carbocycles. The van der Waals surface area contributed by atoms with Crippen LogP contribution in [0.15, 0.2) is 22.8 Å². The van der Waals surface area contributed by atoms with Crippen molar-refractivity contribution in [2.45, 2.75) is 18.8 Å². The summed E-state index contributed by atoms with van der Waals surface area (Å²) in [7, 11) is 0. The molecule has 1 rings (SSSR count). The molecule has 0 amide bonds. The lowest BCUT2D eigenvalue weighted by Gasteiger charge is -2.17. The summed E-state index contributed by atoms with van der Waals surface area (Å²) in [5.41, 5.74) is 0. The lowest BCUT2D eigenvalue weighted by Crippen LogP contribution is -2.43. The van der Waals surface area contributed by atoms with E-state index in [1.807, 2.05) is 5.32 Å². The van der Waals surface area contributed by atoms with E-state index in [9.17, 15) is 17.6 Å². The van der Waals surface area contributed by atoms with Crippen LogP contribution in [-0.2, 0) is 6.54 Å². The van der Waals surface area contributed by atoms with E-state index in [1.54, 1.807) is 6.07 Å². The highest BCUT2D eigenvalue weighted by Gasteiger charge is 2.39. The Hall–Kier alpha value is -1.04. The van der Waals surface area contributed by atoms with Gasteiger partial charge in [-0.15, -0.1) is 0 Å². The summed E-state index contributed by atoms with van der Waals surface area (Å²) in [5.74, 6) is 0.340. The van der Waals surface area contributed by atoms with Crippen molar-refractivity contribution >= 4 is 0 Å². The molecule has 0 aliphatic carbocycles. The maximum Gasteiger partial charge on any atom is 0.406 e. The molecule has 0 fully saturated rings. The van der Waals surface area contributed by atoms with E-state index >= 15 is 0 Å². The second kappa shape index (κ2) is 4.45. The molecule has 0 aromatic carbocycles. The molecule has 0 aliphatic heterocycles. The van der Waals surface area contributed by atoms with Crippen LogP contribution in [0.4, 0.5) is 17.6 Å². The Kier molecular flexibility index (Phi) is 3.51. The van der Waals surface area contributed by atoms with Gasteiger partial charge in [-0.1, -0.05) is 0 Å². The van der Waals surface area contributed by atoms with Gasteiger partial charge in [-0.25, -0.2) is 4.39 Å². The molecule has 0 aliphatic rings. The predicted molar refractivity (Wildman–Crippen MR) is 41.4 cm³/mol. The van der Waals surface area contributed by atoms with Crippen LogP contribution in [0.2, 0.25) is 0 Å². The third-order valence-electron chi connectivity index (χ3n) is 1.65. The fourth-order valence-corrected chi connectivity index (χ4v) is 0.895. The summed E-state index contributed by atoms with van der Waals surface area (Å²) in [6, 6.07) is 0.931. The Labute approximate surface area is 77.9 Å². The maximum absolute atomic E-state index is 12.0. The Morgan fingerprint density at radius 1 is 1.43 bits per heavy atom. The monoisotopic (exact) mass is 211 g/mol. The minimum atomic E-state index is -4.57. The second-order valence-electron chi connectivity index (χ2n) is 2.71. The van der Waals surface area contributed by atoms with Crippen LogP contribution in [0, 0.1) is 0 Å². The van der Waals surface area contributed by atoms with Gasteiger partial charge in [0.25, 0.3) is 0 Å². The third-order valence-corrected chi connectivity index (χ3v) is 1.65. The van der Waals surface area contributed by atoms with Crippen molar-refractivity contribution in [1.82, 2.24) is 5.32 Å². The van der Waals surface area contributed by atoms with Crippen molar-refractivity contribution < 1.29 is 22.0 Å². The lowest BCUT2D eigenvalue weighted by molar-refractivity contribution is -0.159. The zero-order valence-electron chi connectivity index (χ0n) is 7.14. The predicted octanol–water partition coefficient (Wildman–Crippen LogP) is 2.27. The first kappa shape index (κ1) is 11.0. The van der Waals surface area contributed by atoms with Gasteiger partial charge in [0, 0.05) is 0 Å². The van der Waals surface area contributed by atoms with Gasteiger partial charge in [0.1, 0.15) is 18.5 Å². The molecule has 80 valence electrons. The Morgan fingerprint density at radius 2 is 2.14 bits per heavy atom. The van der Waals surface area contributed by atoms with Crippen molar-refractivity contribution in [3.63, 3.8) is 0 Å². The van der Waals surface area contributed by atoms with Crippen molar-refractivity contribution in [2.24, 2.45) is 0 Å². The number of nitrogens with one attached hydrogen (secondary N) is 1. The lowest BCUT2D eigenvalue weighted by atomic mass is 10.3. The van der Waals surface area contributed by atoms with Crippen LogP contribution in [0.3, 0.4) is 0 Å². The average molecular weight is 211 g/mol. The van der Waals surface area contributed by atoms with Crippen LogP contribution < -0.4 is 5.32 Å². The molecule has 0 spiro atoms. The molecule has 1 heterocycles. The van der Waals surface area contributed by atoms with E-state index in [-0.39, 0.29) is 6.54 Å². The van der Waals surface area contributed by atoms with Gasteiger partial charge in [0.05, 0.1) is 12.8 Å². The van der Waals surface area contributed by atoms with Crippen molar-refractivity contribution in [3.8, 4) is 0 Å². The third kappa shape index (κ3) is 3.02. The average Bonchev–Trinajstić information content (AvgIpc) is 2.55. The number of furan rings is 1. The van der Waals surface area contributed by atoms with E-state index in [1.165, 1.54) is 12.3 Å². The number of hydrogen-bond donors (Lipinski definition) is 1. The fourth-order valence-electron chi connectivity index (χ4n) is 0.895. The molecule has 14 heavy (non-hydrogen) atoms. The molecule has 1 aromatic heterocycles. The van der Waals surface area contributed by atoms with Crippen LogP contribution in [0.5, 0.6) is 0 Å². The van der Waals surface area contributed by atoms with Gasteiger partial charge < -0.3 is 4.42 Å². The molecular weight excluding hydrogens is 202 g/mol. The zero-order valence-corrected chi connectivity index (χ0v) is 7.14. The van der Waals surface area contributed by atoms with E-state index in [2.05, 4.69) is 0 Å². The highest BCUT2D eigenvalue weighted by Crippen LogP contribution is 2.20. The van der Waals surface area contributed by atoms with Gasteiger partial charge >= 0.3 is 6.18 Å².